The Hall–Kier alpha value is -4.81. The van der Waals surface area contributed by atoms with E-state index < -0.39 is 24.4 Å². The molecule has 0 aliphatic carbocycles. The van der Waals surface area contributed by atoms with Crippen LogP contribution in [0.2, 0.25) is 0 Å². The second-order valence-corrected chi connectivity index (χ2v) is 10.2. The molecule has 4 aromatic rings. The molecular formula is C33H29F2N3O4. The van der Waals surface area contributed by atoms with Crippen LogP contribution >= 0.6 is 0 Å². The quantitative estimate of drug-likeness (QED) is 0.227. The van der Waals surface area contributed by atoms with E-state index in [4.69, 9.17) is 9.47 Å². The number of halogens is 2. The molecule has 0 bridgehead atoms. The number of carboxylic acids is 1. The highest BCUT2D eigenvalue weighted by Crippen LogP contribution is 2.32. The zero-order valence-electron chi connectivity index (χ0n) is 22.8. The van der Waals surface area contributed by atoms with Gasteiger partial charge in [-0.3, -0.25) is 14.7 Å². The van der Waals surface area contributed by atoms with Crippen LogP contribution in [0, 0.1) is 23.1 Å². The third-order valence-electron chi connectivity index (χ3n) is 7.34. The van der Waals surface area contributed by atoms with Gasteiger partial charge >= 0.3 is 5.97 Å². The lowest BCUT2D eigenvalue weighted by Crippen LogP contribution is -2.23. The van der Waals surface area contributed by atoms with E-state index in [1.807, 2.05) is 6.07 Å². The van der Waals surface area contributed by atoms with Crippen molar-refractivity contribution in [3.8, 4) is 28.7 Å². The number of rotatable bonds is 11. The third kappa shape index (κ3) is 6.73. The Morgan fingerprint density at radius 3 is 2.62 bits per heavy atom. The number of aliphatic carboxylic acids is 1. The molecule has 1 aliphatic heterocycles. The Labute approximate surface area is 242 Å². The molecule has 1 fully saturated rings. The summed E-state index contributed by atoms with van der Waals surface area (Å²) < 4.78 is 40.9. The predicted molar refractivity (Wildman–Crippen MR) is 152 cm³/mol. The Morgan fingerprint density at radius 1 is 1.02 bits per heavy atom. The van der Waals surface area contributed by atoms with E-state index in [9.17, 15) is 23.9 Å². The number of ether oxygens (including phenoxy) is 2. The predicted octanol–water partition coefficient (Wildman–Crippen LogP) is 6.29. The van der Waals surface area contributed by atoms with Crippen LogP contribution in [-0.4, -0.2) is 34.0 Å². The van der Waals surface area contributed by atoms with Crippen LogP contribution in [0.25, 0.3) is 11.1 Å². The number of benzene rings is 3. The first-order valence-electron chi connectivity index (χ1n) is 13.5. The molecule has 0 amide bonds. The molecule has 5 rings (SSSR count). The molecule has 2 heterocycles. The van der Waals surface area contributed by atoms with Gasteiger partial charge in [0.15, 0.2) is 0 Å². The summed E-state index contributed by atoms with van der Waals surface area (Å²) in [5.41, 5.74) is 3.76. The molecule has 0 saturated carbocycles. The summed E-state index contributed by atoms with van der Waals surface area (Å²) in [5.74, 6) is -0.593. The van der Waals surface area contributed by atoms with Crippen molar-refractivity contribution in [2.45, 2.75) is 32.9 Å². The van der Waals surface area contributed by atoms with Crippen molar-refractivity contribution >= 4 is 5.97 Å². The van der Waals surface area contributed by atoms with Gasteiger partial charge in [0.1, 0.15) is 43.3 Å². The fourth-order valence-electron chi connectivity index (χ4n) is 5.12. The number of nitriles is 1. The summed E-state index contributed by atoms with van der Waals surface area (Å²) in [4.78, 5) is 17.6. The van der Waals surface area contributed by atoms with Crippen molar-refractivity contribution < 1.29 is 28.2 Å². The van der Waals surface area contributed by atoms with Gasteiger partial charge in [-0.15, -0.1) is 0 Å². The lowest BCUT2D eigenvalue weighted by atomic mass is 9.96. The molecule has 9 heteroatoms. The molecule has 1 unspecified atom stereocenters. The van der Waals surface area contributed by atoms with Crippen LogP contribution < -0.4 is 9.47 Å². The van der Waals surface area contributed by atoms with E-state index in [0.717, 1.165) is 11.1 Å². The van der Waals surface area contributed by atoms with Gasteiger partial charge in [0.2, 0.25) is 0 Å². The Morgan fingerprint density at radius 2 is 1.86 bits per heavy atom. The fourth-order valence-corrected chi connectivity index (χ4v) is 5.12. The van der Waals surface area contributed by atoms with Crippen molar-refractivity contribution in [1.82, 2.24) is 9.88 Å². The average Bonchev–Trinajstić information content (AvgIpc) is 3.49. The number of nitrogens with zero attached hydrogens (tertiary/aromatic N) is 3. The van der Waals surface area contributed by atoms with E-state index in [0.29, 0.717) is 65.4 Å². The maximum Gasteiger partial charge on any atom is 0.307 e. The summed E-state index contributed by atoms with van der Waals surface area (Å²) in [5, 5.41) is 18.6. The molecular weight excluding hydrogens is 540 g/mol. The lowest BCUT2D eigenvalue weighted by molar-refractivity contribution is -0.141. The van der Waals surface area contributed by atoms with Crippen molar-refractivity contribution in [3.63, 3.8) is 0 Å². The smallest absolute Gasteiger partial charge is 0.307 e. The van der Waals surface area contributed by atoms with Crippen molar-refractivity contribution in [2.24, 2.45) is 5.92 Å². The summed E-state index contributed by atoms with van der Waals surface area (Å²) in [7, 11) is 0. The van der Waals surface area contributed by atoms with Crippen LogP contribution in [0.15, 0.2) is 79.1 Å². The maximum atomic E-state index is 14.5. The van der Waals surface area contributed by atoms with Crippen LogP contribution in [0.4, 0.5) is 8.78 Å². The van der Waals surface area contributed by atoms with Gasteiger partial charge in [0.25, 0.3) is 0 Å². The summed E-state index contributed by atoms with van der Waals surface area (Å²) >= 11 is 0. The van der Waals surface area contributed by atoms with Crippen LogP contribution in [-0.2, 0) is 31.2 Å². The molecule has 1 atom stereocenters. The van der Waals surface area contributed by atoms with Crippen molar-refractivity contribution in [1.29, 1.82) is 5.26 Å². The number of hydrogen-bond donors (Lipinski definition) is 1. The minimum Gasteiger partial charge on any atom is -0.489 e. The molecule has 42 heavy (non-hydrogen) atoms. The average molecular weight is 570 g/mol. The second kappa shape index (κ2) is 13.2. The first-order chi connectivity index (χ1) is 20.4. The van der Waals surface area contributed by atoms with Gasteiger partial charge in [-0.25, -0.2) is 8.78 Å². The maximum absolute atomic E-state index is 14.5. The molecule has 1 N–H and O–H groups in total. The van der Waals surface area contributed by atoms with Crippen molar-refractivity contribution in [3.05, 3.63) is 113 Å². The largest absolute Gasteiger partial charge is 0.489 e. The Bertz CT molecular complexity index is 1620. The van der Waals surface area contributed by atoms with E-state index >= 15 is 0 Å². The zero-order valence-corrected chi connectivity index (χ0v) is 22.8. The highest BCUT2D eigenvalue weighted by Gasteiger charge is 2.28. The number of aromatic nitrogens is 1. The van der Waals surface area contributed by atoms with Gasteiger partial charge in [-0.2, -0.15) is 5.26 Å². The van der Waals surface area contributed by atoms with Crippen LogP contribution in [0.5, 0.6) is 11.5 Å². The Kier molecular flexibility index (Phi) is 9.05. The number of carbonyl (C=O) groups is 1. The molecule has 0 spiro atoms. The van der Waals surface area contributed by atoms with Gasteiger partial charge in [-0.05, 0) is 47.9 Å². The van der Waals surface area contributed by atoms with E-state index in [2.05, 4.69) is 16.0 Å². The number of hydrogen-bond acceptors (Lipinski definition) is 6. The zero-order chi connectivity index (χ0) is 29.5. The molecule has 214 valence electrons. The standard InChI is InChI=1S/C33H29F2N3O4/c34-14-30-26(4-3-6-28(30)29-5-1-2-7-31(29)35)21-41-27-9-8-24(18-38-11-10-25(19-38)33(39)40)32(13-27)42-20-23-12-22(15-36)16-37-17-23/h1-9,12-13,16-17,25H,10-11,14,18-21H2,(H,39,40). The number of carboxylic acid groups (broad SMARTS) is 1. The summed E-state index contributed by atoms with van der Waals surface area (Å²) in [6, 6.07) is 20.7. The summed E-state index contributed by atoms with van der Waals surface area (Å²) in [6.07, 6.45) is 3.69. The van der Waals surface area contributed by atoms with Gasteiger partial charge in [0.05, 0.1) is 11.5 Å². The number of likely N-dealkylation sites (tertiary alicyclic amines) is 1. The van der Waals surface area contributed by atoms with E-state index in [1.54, 1.807) is 60.8 Å². The summed E-state index contributed by atoms with van der Waals surface area (Å²) in [6.45, 7) is 1.04. The van der Waals surface area contributed by atoms with Gasteiger partial charge in [0, 0.05) is 48.2 Å². The Balaban J connectivity index is 1.37. The van der Waals surface area contributed by atoms with Gasteiger partial charge in [-0.1, -0.05) is 42.5 Å². The molecule has 3 aromatic carbocycles. The first-order valence-corrected chi connectivity index (χ1v) is 13.5. The van der Waals surface area contributed by atoms with Crippen LogP contribution in [0.1, 0.15) is 34.2 Å². The fraction of sp³-hybridized carbons (Fsp3) is 0.242. The van der Waals surface area contributed by atoms with E-state index in [-0.39, 0.29) is 13.2 Å². The molecule has 1 saturated heterocycles. The van der Waals surface area contributed by atoms with Gasteiger partial charge < -0.3 is 14.6 Å². The van der Waals surface area contributed by atoms with Crippen molar-refractivity contribution in [2.75, 3.05) is 13.1 Å². The molecule has 1 aliphatic rings. The topological polar surface area (TPSA) is 95.7 Å². The lowest BCUT2D eigenvalue weighted by Gasteiger charge is -2.19. The third-order valence-corrected chi connectivity index (χ3v) is 7.34. The van der Waals surface area contributed by atoms with E-state index in [1.165, 1.54) is 12.3 Å². The molecule has 1 aromatic heterocycles. The SMILES string of the molecule is N#Cc1cncc(COc2cc(OCc3cccc(-c4ccccc4F)c3CF)ccc2CN2CCC(C(=O)O)C2)c1. The first kappa shape index (κ1) is 28.7. The highest BCUT2D eigenvalue weighted by atomic mass is 19.1. The number of alkyl halides is 1. The van der Waals surface area contributed by atoms with Crippen LogP contribution in [0.3, 0.4) is 0 Å². The highest BCUT2D eigenvalue weighted by molar-refractivity contribution is 5.70. The molecule has 0 radical (unpaired) electrons. The minimum atomic E-state index is -0.797. The monoisotopic (exact) mass is 569 g/mol. The molecule has 7 nitrogen and oxygen atoms in total. The number of pyridine rings is 1. The minimum absolute atomic E-state index is 0.0564. The normalized spacial score (nSPS) is 14.8. The second-order valence-electron chi connectivity index (χ2n) is 10.2.